The van der Waals surface area contributed by atoms with Gasteiger partial charge in [0.25, 0.3) is 0 Å². The molecule has 1 atom stereocenters. The maximum atomic E-state index is 5.84. The molecule has 0 amide bonds. The zero-order valence-corrected chi connectivity index (χ0v) is 10.9. The van der Waals surface area contributed by atoms with E-state index in [2.05, 4.69) is 5.32 Å². The largest absolute Gasteiger partial charge is 0.492 e. The second-order valence-corrected chi connectivity index (χ2v) is 4.65. The molecular weight excluding hydrogens is 228 g/mol. The molecule has 0 aromatic heterocycles. The van der Waals surface area contributed by atoms with Crippen LogP contribution < -0.4 is 15.8 Å². The molecule has 1 aromatic rings. The summed E-state index contributed by atoms with van der Waals surface area (Å²) in [6.07, 6.45) is 2.40. The zero-order valence-electron chi connectivity index (χ0n) is 10.9. The van der Waals surface area contributed by atoms with Gasteiger partial charge in [0.15, 0.2) is 0 Å². The van der Waals surface area contributed by atoms with E-state index in [1.165, 1.54) is 6.42 Å². The molecule has 4 nitrogen and oxygen atoms in total. The van der Waals surface area contributed by atoms with Gasteiger partial charge in [-0.25, -0.2) is 0 Å². The van der Waals surface area contributed by atoms with Gasteiger partial charge in [-0.2, -0.15) is 0 Å². The van der Waals surface area contributed by atoms with Crippen LogP contribution in [0, 0.1) is 5.92 Å². The summed E-state index contributed by atoms with van der Waals surface area (Å²) >= 11 is 0. The molecule has 2 rings (SSSR count). The Morgan fingerprint density at radius 2 is 2.39 bits per heavy atom. The second-order valence-electron chi connectivity index (χ2n) is 4.65. The van der Waals surface area contributed by atoms with Crippen molar-refractivity contribution in [3.8, 4) is 5.75 Å². The van der Waals surface area contributed by atoms with Crippen LogP contribution in [0.3, 0.4) is 0 Å². The lowest BCUT2D eigenvalue weighted by molar-refractivity contribution is 0.0595. The summed E-state index contributed by atoms with van der Waals surface area (Å²) in [4.78, 5) is 0. The molecule has 1 fully saturated rings. The van der Waals surface area contributed by atoms with E-state index in [1.54, 1.807) is 0 Å². The van der Waals surface area contributed by atoms with Crippen molar-refractivity contribution in [3.05, 3.63) is 18.2 Å². The van der Waals surface area contributed by atoms with E-state index in [0.717, 1.165) is 37.6 Å². The van der Waals surface area contributed by atoms with Gasteiger partial charge in [-0.05, 0) is 37.8 Å². The molecule has 3 N–H and O–H groups in total. The van der Waals surface area contributed by atoms with Crippen LogP contribution in [-0.4, -0.2) is 26.4 Å². The van der Waals surface area contributed by atoms with Crippen LogP contribution in [0.1, 0.15) is 19.8 Å². The highest BCUT2D eigenvalue weighted by molar-refractivity contribution is 5.61. The van der Waals surface area contributed by atoms with Crippen molar-refractivity contribution in [2.45, 2.75) is 19.8 Å². The maximum Gasteiger partial charge on any atom is 0.144 e. The van der Waals surface area contributed by atoms with Gasteiger partial charge in [-0.15, -0.1) is 0 Å². The first-order valence-corrected chi connectivity index (χ1v) is 6.63. The van der Waals surface area contributed by atoms with Crippen molar-refractivity contribution in [1.29, 1.82) is 0 Å². The third-order valence-corrected chi connectivity index (χ3v) is 3.16. The summed E-state index contributed by atoms with van der Waals surface area (Å²) in [5, 5.41) is 3.42. The maximum absolute atomic E-state index is 5.84. The lowest BCUT2D eigenvalue weighted by Crippen LogP contribution is -2.24. The van der Waals surface area contributed by atoms with E-state index >= 15 is 0 Å². The van der Waals surface area contributed by atoms with Gasteiger partial charge in [-0.3, -0.25) is 0 Å². The van der Waals surface area contributed by atoms with E-state index in [9.17, 15) is 0 Å². The van der Waals surface area contributed by atoms with Crippen LogP contribution in [0.4, 0.5) is 11.4 Å². The van der Waals surface area contributed by atoms with Gasteiger partial charge < -0.3 is 20.5 Å². The van der Waals surface area contributed by atoms with Crippen molar-refractivity contribution in [3.63, 3.8) is 0 Å². The smallest absolute Gasteiger partial charge is 0.144 e. The summed E-state index contributed by atoms with van der Waals surface area (Å²) in [5.41, 5.74) is 7.58. The second kappa shape index (κ2) is 6.50. The van der Waals surface area contributed by atoms with E-state index < -0.39 is 0 Å². The van der Waals surface area contributed by atoms with Gasteiger partial charge in [0, 0.05) is 24.9 Å². The molecule has 1 saturated heterocycles. The lowest BCUT2D eigenvalue weighted by Gasteiger charge is -2.22. The quantitative estimate of drug-likeness (QED) is 0.788. The van der Waals surface area contributed by atoms with Crippen molar-refractivity contribution in [2.24, 2.45) is 5.92 Å². The van der Waals surface area contributed by atoms with Crippen LogP contribution in [0.2, 0.25) is 0 Å². The molecule has 1 unspecified atom stereocenters. The number of nitrogens with two attached hydrogens (primary N) is 1. The summed E-state index contributed by atoms with van der Waals surface area (Å²) in [5.74, 6) is 1.36. The summed E-state index contributed by atoms with van der Waals surface area (Å²) in [6, 6.07) is 5.83. The van der Waals surface area contributed by atoms with Crippen molar-refractivity contribution in [2.75, 3.05) is 37.4 Å². The Bertz CT molecular complexity index is 376. The first-order chi connectivity index (χ1) is 8.79. The molecule has 100 valence electrons. The minimum Gasteiger partial charge on any atom is -0.492 e. The molecule has 0 radical (unpaired) electrons. The van der Waals surface area contributed by atoms with Crippen LogP contribution in [0.25, 0.3) is 0 Å². The predicted molar refractivity (Wildman–Crippen MR) is 74.1 cm³/mol. The first kappa shape index (κ1) is 13.0. The highest BCUT2D eigenvalue weighted by atomic mass is 16.5. The summed E-state index contributed by atoms with van der Waals surface area (Å²) in [6.45, 7) is 5.30. The van der Waals surface area contributed by atoms with Crippen molar-refractivity contribution < 1.29 is 9.47 Å². The van der Waals surface area contributed by atoms with Gasteiger partial charge in [0.05, 0.1) is 18.9 Å². The Labute approximate surface area is 108 Å². The van der Waals surface area contributed by atoms with Crippen LogP contribution in [0.15, 0.2) is 18.2 Å². The van der Waals surface area contributed by atoms with Gasteiger partial charge >= 0.3 is 0 Å². The fourth-order valence-electron chi connectivity index (χ4n) is 2.16. The number of nitrogens with one attached hydrogen (secondary N) is 1. The van der Waals surface area contributed by atoms with Crippen LogP contribution in [-0.2, 0) is 4.74 Å². The zero-order chi connectivity index (χ0) is 12.8. The van der Waals surface area contributed by atoms with E-state index in [1.807, 2.05) is 25.1 Å². The fraction of sp³-hybridized carbons (Fsp3) is 0.571. The van der Waals surface area contributed by atoms with E-state index in [-0.39, 0.29) is 0 Å². The highest BCUT2D eigenvalue weighted by Gasteiger charge is 2.13. The molecule has 18 heavy (non-hydrogen) atoms. The van der Waals surface area contributed by atoms with Gasteiger partial charge in [0.2, 0.25) is 0 Å². The Hall–Kier alpha value is -1.42. The van der Waals surface area contributed by atoms with Crippen molar-refractivity contribution in [1.82, 2.24) is 0 Å². The van der Waals surface area contributed by atoms with Crippen LogP contribution in [0.5, 0.6) is 5.75 Å². The Morgan fingerprint density at radius 3 is 3.11 bits per heavy atom. The molecule has 0 saturated carbocycles. The average molecular weight is 250 g/mol. The fourth-order valence-corrected chi connectivity index (χ4v) is 2.16. The van der Waals surface area contributed by atoms with Gasteiger partial charge in [-0.1, -0.05) is 0 Å². The molecular formula is C14H22N2O2. The molecule has 1 aliphatic rings. The normalized spacial score (nSPS) is 19.5. The number of hydrogen-bond acceptors (Lipinski definition) is 4. The topological polar surface area (TPSA) is 56.5 Å². The number of ether oxygens (including phenoxy) is 2. The summed E-state index contributed by atoms with van der Waals surface area (Å²) < 4.78 is 10.9. The molecule has 1 aliphatic heterocycles. The lowest BCUT2D eigenvalue weighted by atomic mass is 10.0. The Kier molecular flexibility index (Phi) is 4.70. The highest BCUT2D eigenvalue weighted by Crippen LogP contribution is 2.26. The molecule has 0 aliphatic carbocycles. The third kappa shape index (κ3) is 3.53. The van der Waals surface area contributed by atoms with Crippen LogP contribution >= 0.6 is 0 Å². The average Bonchev–Trinajstić information content (AvgIpc) is 2.41. The summed E-state index contributed by atoms with van der Waals surface area (Å²) in [7, 11) is 0. The van der Waals surface area contributed by atoms with E-state index in [4.69, 9.17) is 15.2 Å². The number of anilines is 2. The van der Waals surface area contributed by atoms with Crippen molar-refractivity contribution >= 4 is 11.4 Å². The molecule has 1 heterocycles. The molecule has 4 heteroatoms. The Morgan fingerprint density at radius 1 is 1.50 bits per heavy atom. The SMILES string of the molecule is CCOc1cc(NCC2CCCOC2)ccc1N. The molecule has 1 aromatic carbocycles. The van der Waals surface area contributed by atoms with E-state index in [0.29, 0.717) is 18.2 Å². The number of hydrogen-bond donors (Lipinski definition) is 2. The number of nitrogen functional groups attached to an aromatic ring is 1. The number of benzene rings is 1. The molecule has 0 spiro atoms. The first-order valence-electron chi connectivity index (χ1n) is 6.63. The van der Waals surface area contributed by atoms with Gasteiger partial charge in [0.1, 0.15) is 5.75 Å². The minimum absolute atomic E-state index is 0.604. The minimum atomic E-state index is 0.604. The standard InChI is InChI=1S/C14H22N2O2/c1-2-18-14-8-12(5-6-13(14)15)16-9-11-4-3-7-17-10-11/h5-6,8,11,16H,2-4,7,9-10,15H2,1H3. The Balaban J connectivity index is 1.90. The number of rotatable bonds is 5. The monoisotopic (exact) mass is 250 g/mol. The third-order valence-electron chi connectivity index (χ3n) is 3.16. The molecule has 0 bridgehead atoms. The predicted octanol–water partition coefficient (Wildman–Crippen LogP) is 2.51.